The fraction of sp³-hybridized carbons (Fsp3) is 0.571. The molecule has 1 heterocycles. The highest BCUT2D eigenvalue weighted by Gasteiger charge is 2.19. The van der Waals surface area contributed by atoms with Gasteiger partial charge in [-0.25, -0.2) is 9.78 Å². The third-order valence-corrected chi connectivity index (χ3v) is 3.79. The summed E-state index contributed by atoms with van der Waals surface area (Å²) in [6.07, 6.45) is 2.05. The van der Waals surface area contributed by atoms with Crippen molar-refractivity contribution in [2.45, 2.75) is 38.4 Å². The first-order valence-electron chi connectivity index (χ1n) is 6.26. The molecule has 4 nitrogen and oxygen atoms in total. The molecule has 0 radical (unpaired) electrons. The first-order chi connectivity index (χ1) is 8.74. The predicted octanol–water partition coefficient (Wildman–Crippen LogP) is 3.24. The Balaban J connectivity index is 3.03. The number of aromatic carboxylic acids is 1. The summed E-state index contributed by atoms with van der Waals surface area (Å²) < 4.78 is 0. The van der Waals surface area contributed by atoms with Crippen molar-refractivity contribution < 1.29 is 9.90 Å². The van der Waals surface area contributed by atoms with E-state index in [1.54, 1.807) is 23.9 Å². The lowest BCUT2D eigenvalue weighted by Crippen LogP contribution is -2.19. The maximum Gasteiger partial charge on any atom is 0.335 e. The number of hydrogen-bond donors (Lipinski definition) is 2. The normalized spacial score (nSPS) is 13.1. The van der Waals surface area contributed by atoms with Crippen LogP contribution in [0.4, 0.5) is 5.82 Å². The molecule has 0 aliphatic rings. The lowest BCUT2D eigenvalue weighted by molar-refractivity contribution is 0.0696. The van der Waals surface area contributed by atoms with Gasteiger partial charge in [0, 0.05) is 22.9 Å². The Morgan fingerprint density at radius 2 is 2.11 bits per heavy atom. The number of carbonyl (C=O) groups is 1. The zero-order chi connectivity index (χ0) is 14.6. The highest BCUT2D eigenvalue weighted by molar-refractivity contribution is 7.99. The Hall–Kier alpha value is -1.23. The zero-order valence-corrected chi connectivity index (χ0v) is 13.0. The Morgan fingerprint density at radius 3 is 2.58 bits per heavy atom. The molecule has 0 fully saturated rings. The fourth-order valence-electron chi connectivity index (χ4n) is 1.46. The molecule has 1 aromatic heterocycles. The SMILES string of the molecule is CSC(C)CNc1cc(C(=O)O)cc(C(C)(C)C)n1. The van der Waals surface area contributed by atoms with Gasteiger partial charge in [0.25, 0.3) is 0 Å². The third-order valence-electron chi connectivity index (χ3n) is 2.81. The summed E-state index contributed by atoms with van der Waals surface area (Å²) in [6.45, 7) is 8.95. The van der Waals surface area contributed by atoms with E-state index in [0.29, 0.717) is 11.1 Å². The molecule has 0 aromatic carbocycles. The van der Waals surface area contributed by atoms with E-state index in [1.165, 1.54) is 0 Å². The number of thioether (sulfide) groups is 1. The molecule has 0 amide bonds. The van der Waals surface area contributed by atoms with E-state index >= 15 is 0 Å². The molecule has 1 aromatic rings. The molecule has 1 unspecified atom stereocenters. The first kappa shape index (κ1) is 15.8. The number of pyridine rings is 1. The van der Waals surface area contributed by atoms with Gasteiger partial charge in [-0.3, -0.25) is 0 Å². The summed E-state index contributed by atoms with van der Waals surface area (Å²) in [5, 5.41) is 12.8. The smallest absolute Gasteiger partial charge is 0.335 e. The van der Waals surface area contributed by atoms with E-state index in [-0.39, 0.29) is 11.0 Å². The number of nitrogens with zero attached hydrogens (tertiary/aromatic N) is 1. The molecule has 5 heteroatoms. The van der Waals surface area contributed by atoms with E-state index in [4.69, 9.17) is 5.11 Å². The van der Waals surface area contributed by atoms with Crippen molar-refractivity contribution in [2.75, 3.05) is 18.1 Å². The van der Waals surface area contributed by atoms with Gasteiger partial charge in [-0.2, -0.15) is 11.8 Å². The average Bonchev–Trinajstić information content (AvgIpc) is 2.34. The monoisotopic (exact) mass is 282 g/mol. The molecule has 1 atom stereocenters. The van der Waals surface area contributed by atoms with Gasteiger partial charge in [-0.15, -0.1) is 0 Å². The van der Waals surface area contributed by atoms with Crippen LogP contribution in [0.2, 0.25) is 0 Å². The van der Waals surface area contributed by atoms with Crippen LogP contribution in [0, 0.1) is 0 Å². The van der Waals surface area contributed by atoms with E-state index in [2.05, 4.69) is 17.2 Å². The quantitative estimate of drug-likeness (QED) is 0.868. The number of carboxylic acids is 1. The van der Waals surface area contributed by atoms with Crippen LogP contribution in [-0.2, 0) is 5.41 Å². The number of hydrogen-bond acceptors (Lipinski definition) is 4. The van der Waals surface area contributed by atoms with Crippen LogP contribution in [-0.4, -0.2) is 34.1 Å². The second-order valence-corrected chi connectivity index (χ2v) is 6.88. The number of nitrogens with one attached hydrogen (secondary N) is 1. The van der Waals surface area contributed by atoms with Crippen LogP contribution in [0.1, 0.15) is 43.7 Å². The molecule has 0 aliphatic heterocycles. The van der Waals surface area contributed by atoms with Crippen LogP contribution < -0.4 is 5.32 Å². The van der Waals surface area contributed by atoms with Gasteiger partial charge in [0.2, 0.25) is 0 Å². The van der Waals surface area contributed by atoms with E-state index in [1.807, 2.05) is 27.0 Å². The van der Waals surface area contributed by atoms with E-state index in [9.17, 15) is 4.79 Å². The van der Waals surface area contributed by atoms with E-state index in [0.717, 1.165) is 12.2 Å². The van der Waals surface area contributed by atoms with Crippen molar-refractivity contribution in [3.8, 4) is 0 Å². The van der Waals surface area contributed by atoms with Crippen LogP contribution in [0.3, 0.4) is 0 Å². The van der Waals surface area contributed by atoms with Crippen LogP contribution in [0.25, 0.3) is 0 Å². The largest absolute Gasteiger partial charge is 0.478 e. The third kappa shape index (κ3) is 4.74. The second kappa shape index (κ2) is 6.28. The highest BCUT2D eigenvalue weighted by Crippen LogP contribution is 2.23. The van der Waals surface area contributed by atoms with Crippen LogP contribution >= 0.6 is 11.8 Å². The topological polar surface area (TPSA) is 62.2 Å². The average molecular weight is 282 g/mol. The van der Waals surface area contributed by atoms with Crippen LogP contribution in [0.5, 0.6) is 0 Å². The maximum atomic E-state index is 11.2. The predicted molar refractivity (Wildman–Crippen MR) is 81.4 cm³/mol. The van der Waals surface area contributed by atoms with Crippen molar-refractivity contribution in [3.05, 3.63) is 23.4 Å². The molecule has 0 spiro atoms. The molecule has 0 saturated carbocycles. The molecule has 0 saturated heterocycles. The van der Waals surface area contributed by atoms with Crippen molar-refractivity contribution in [1.82, 2.24) is 4.98 Å². The summed E-state index contributed by atoms with van der Waals surface area (Å²) in [7, 11) is 0. The Morgan fingerprint density at radius 1 is 1.47 bits per heavy atom. The van der Waals surface area contributed by atoms with Gasteiger partial charge >= 0.3 is 5.97 Å². The highest BCUT2D eigenvalue weighted by atomic mass is 32.2. The van der Waals surface area contributed by atoms with E-state index < -0.39 is 5.97 Å². The van der Waals surface area contributed by atoms with Gasteiger partial charge in [-0.05, 0) is 18.4 Å². The summed E-state index contributed by atoms with van der Waals surface area (Å²) in [6, 6.07) is 3.23. The summed E-state index contributed by atoms with van der Waals surface area (Å²) in [5.41, 5.74) is 0.887. The summed E-state index contributed by atoms with van der Waals surface area (Å²) in [4.78, 5) is 15.7. The Labute approximate surface area is 119 Å². The number of anilines is 1. The molecular weight excluding hydrogens is 260 g/mol. The van der Waals surface area contributed by atoms with Crippen molar-refractivity contribution in [1.29, 1.82) is 0 Å². The lowest BCUT2D eigenvalue weighted by Gasteiger charge is -2.20. The van der Waals surface area contributed by atoms with Gasteiger partial charge in [0.15, 0.2) is 0 Å². The molecule has 2 N–H and O–H groups in total. The fourth-order valence-corrected chi connectivity index (χ4v) is 1.71. The minimum absolute atomic E-state index is 0.174. The standard InChI is InChI=1S/C14H22N2O2S/c1-9(19-5)8-15-12-7-10(13(17)18)6-11(16-12)14(2,3)4/h6-7,9H,8H2,1-5H3,(H,15,16)(H,17,18). The lowest BCUT2D eigenvalue weighted by atomic mass is 9.91. The number of aromatic nitrogens is 1. The zero-order valence-electron chi connectivity index (χ0n) is 12.2. The minimum Gasteiger partial charge on any atom is -0.478 e. The molecule has 0 aliphatic carbocycles. The van der Waals surface area contributed by atoms with Gasteiger partial charge in [0.1, 0.15) is 5.82 Å². The Bertz CT molecular complexity index is 455. The van der Waals surface area contributed by atoms with Gasteiger partial charge in [0.05, 0.1) is 5.56 Å². The molecule has 106 valence electrons. The van der Waals surface area contributed by atoms with Gasteiger partial charge < -0.3 is 10.4 Å². The van der Waals surface area contributed by atoms with Crippen molar-refractivity contribution in [2.24, 2.45) is 0 Å². The van der Waals surface area contributed by atoms with Crippen molar-refractivity contribution >= 4 is 23.5 Å². The van der Waals surface area contributed by atoms with Crippen molar-refractivity contribution in [3.63, 3.8) is 0 Å². The molecular formula is C14H22N2O2S. The van der Waals surface area contributed by atoms with Crippen LogP contribution in [0.15, 0.2) is 12.1 Å². The summed E-state index contributed by atoms with van der Waals surface area (Å²) in [5.74, 6) is -0.292. The van der Waals surface area contributed by atoms with Gasteiger partial charge in [-0.1, -0.05) is 27.7 Å². The molecule has 1 rings (SSSR count). The first-order valence-corrected chi connectivity index (χ1v) is 7.55. The minimum atomic E-state index is -0.922. The second-order valence-electron chi connectivity index (χ2n) is 5.61. The molecule has 19 heavy (non-hydrogen) atoms. The number of carboxylic acid groups (broad SMARTS) is 1. The summed E-state index contributed by atoms with van der Waals surface area (Å²) >= 11 is 1.76. The number of rotatable bonds is 5. The maximum absolute atomic E-state index is 11.2. The molecule has 0 bridgehead atoms. The Kier molecular flexibility index (Phi) is 5.23.